The van der Waals surface area contributed by atoms with Gasteiger partial charge in [0, 0.05) is 32.2 Å². The van der Waals surface area contributed by atoms with Gasteiger partial charge in [-0.15, -0.1) is 0 Å². The highest BCUT2D eigenvalue weighted by Gasteiger charge is 2.19. The highest BCUT2D eigenvalue weighted by molar-refractivity contribution is 5.92. The molecule has 3 rings (SSSR count). The van der Waals surface area contributed by atoms with Crippen LogP contribution < -0.4 is 10.1 Å². The molecule has 0 aromatic carbocycles. The van der Waals surface area contributed by atoms with Crippen molar-refractivity contribution in [1.82, 2.24) is 20.0 Å². The summed E-state index contributed by atoms with van der Waals surface area (Å²) in [5, 5.41) is 7.08. The van der Waals surface area contributed by atoms with Crippen molar-refractivity contribution in [3.8, 4) is 5.88 Å². The predicted molar refractivity (Wildman–Crippen MR) is 67.3 cm³/mol. The number of nitrogens with zero attached hydrogens (tertiary/aromatic N) is 3. The van der Waals surface area contributed by atoms with Crippen molar-refractivity contribution in [3.05, 3.63) is 11.8 Å². The Kier molecular flexibility index (Phi) is 3.65. The van der Waals surface area contributed by atoms with Crippen LogP contribution in [0.15, 0.2) is 6.07 Å². The van der Waals surface area contributed by atoms with Crippen LogP contribution in [0.1, 0.15) is 10.5 Å². The summed E-state index contributed by atoms with van der Waals surface area (Å²) >= 11 is 0. The van der Waals surface area contributed by atoms with Crippen LogP contribution in [0.5, 0.6) is 5.88 Å². The smallest absolute Gasteiger partial charge is 0.271 e. The van der Waals surface area contributed by atoms with E-state index in [1.54, 1.807) is 10.7 Å². The van der Waals surface area contributed by atoms with Crippen LogP contribution in [0.3, 0.4) is 0 Å². The Morgan fingerprint density at radius 1 is 1.32 bits per heavy atom. The number of fused-ring (bicyclic) bond motifs is 1. The maximum absolute atomic E-state index is 11.9. The summed E-state index contributed by atoms with van der Waals surface area (Å²) in [5.74, 6) is 0.539. The molecular formula is C12H18N4O3. The molecule has 1 aromatic rings. The molecule has 0 radical (unpaired) electrons. The van der Waals surface area contributed by atoms with Crippen LogP contribution in [0.4, 0.5) is 0 Å². The number of hydrogen-bond acceptors (Lipinski definition) is 5. The van der Waals surface area contributed by atoms with Gasteiger partial charge in [-0.1, -0.05) is 0 Å². The zero-order chi connectivity index (χ0) is 13.1. The molecule has 7 nitrogen and oxygen atoms in total. The lowest BCUT2D eigenvalue weighted by Gasteiger charge is -2.26. The molecule has 1 saturated heterocycles. The van der Waals surface area contributed by atoms with E-state index in [4.69, 9.17) is 9.47 Å². The molecule has 19 heavy (non-hydrogen) atoms. The Morgan fingerprint density at radius 2 is 2.16 bits per heavy atom. The van der Waals surface area contributed by atoms with E-state index in [2.05, 4.69) is 15.3 Å². The van der Waals surface area contributed by atoms with Crippen molar-refractivity contribution in [3.63, 3.8) is 0 Å². The lowest BCUT2D eigenvalue weighted by Crippen LogP contribution is -2.41. The molecule has 1 N–H and O–H groups in total. The minimum atomic E-state index is -0.140. The summed E-state index contributed by atoms with van der Waals surface area (Å²) in [6.45, 7) is 6.25. The Labute approximate surface area is 111 Å². The standard InChI is InChI=1S/C12H18N4O3/c17-12(10-9-11-16(14-10)5-8-19-11)13-1-2-15-3-6-18-7-4-15/h9H,1-8H2,(H,13,17). The molecule has 2 aliphatic heterocycles. The summed E-state index contributed by atoms with van der Waals surface area (Å²) in [6.07, 6.45) is 0. The molecule has 0 atom stereocenters. The second-order valence-electron chi connectivity index (χ2n) is 4.65. The minimum Gasteiger partial charge on any atom is -0.476 e. The molecular weight excluding hydrogens is 248 g/mol. The zero-order valence-electron chi connectivity index (χ0n) is 10.8. The van der Waals surface area contributed by atoms with Crippen LogP contribution in [-0.2, 0) is 11.3 Å². The minimum absolute atomic E-state index is 0.140. The lowest BCUT2D eigenvalue weighted by molar-refractivity contribution is 0.0383. The predicted octanol–water partition coefficient (Wildman–Crippen LogP) is -0.662. The molecule has 104 valence electrons. The van der Waals surface area contributed by atoms with E-state index in [9.17, 15) is 4.79 Å². The van der Waals surface area contributed by atoms with Crippen LogP contribution in [0.2, 0.25) is 0 Å². The van der Waals surface area contributed by atoms with Gasteiger partial charge in [0.1, 0.15) is 6.61 Å². The van der Waals surface area contributed by atoms with Crippen molar-refractivity contribution < 1.29 is 14.3 Å². The molecule has 1 amide bonds. The summed E-state index contributed by atoms with van der Waals surface area (Å²) in [7, 11) is 0. The number of amides is 1. The number of aromatic nitrogens is 2. The van der Waals surface area contributed by atoms with Gasteiger partial charge in [0.05, 0.1) is 19.8 Å². The van der Waals surface area contributed by atoms with E-state index < -0.39 is 0 Å². The van der Waals surface area contributed by atoms with Gasteiger partial charge in [0.2, 0.25) is 5.88 Å². The van der Waals surface area contributed by atoms with Crippen molar-refractivity contribution >= 4 is 5.91 Å². The molecule has 0 saturated carbocycles. The highest BCUT2D eigenvalue weighted by atomic mass is 16.5. The third-order valence-corrected chi connectivity index (χ3v) is 3.35. The first-order chi connectivity index (χ1) is 9.33. The SMILES string of the molecule is O=C(NCCN1CCOCC1)c1cc2n(n1)CCO2. The number of nitrogens with one attached hydrogen (secondary N) is 1. The van der Waals surface area contributed by atoms with E-state index in [0.717, 1.165) is 39.4 Å². The molecule has 1 aromatic heterocycles. The summed E-state index contributed by atoms with van der Waals surface area (Å²) in [5.41, 5.74) is 0.427. The Bertz CT molecular complexity index is 432. The number of ether oxygens (including phenoxy) is 2. The fourth-order valence-corrected chi connectivity index (χ4v) is 2.27. The van der Waals surface area contributed by atoms with Crippen LogP contribution in [-0.4, -0.2) is 66.6 Å². The molecule has 0 bridgehead atoms. The first-order valence-electron chi connectivity index (χ1n) is 6.62. The Morgan fingerprint density at radius 3 is 2.95 bits per heavy atom. The molecule has 2 aliphatic rings. The third-order valence-electron chi connectivity index (χ3n) is 3.35. The first-order valence-corrected chi connectivity index (χ1v) is 6.62. The number of rotatable bonds is 4. The van der Waals surface area contributed by atoms with Gasteiger partial charge in [-0.3, -0.25) is 9.69 Å². The van der Waals surface area contributed by atoms with E-state index >= 15 is 0 Å². The largest absolute Gasteiger partial charge is 0.476 e. The molecule has 0 spiro atoms. The maximum atomic E-state index is 11.9. The monoisotopic (exact) mass is 266 g/mol. The van der Waals surface area contributed by atoms with E-state index in [1.165, 1.54) is 0 Å². The number of morpholine rings is 1. The molecule has 0 unspecified atom stereocenters. The summed E-state index contributed by atoms with van der Waals surface area (Å²) in [6, 6.07) is 1.69. The van der Waals surface area contributed by atoms with E-state index in [-0.39, 0.29) is 5.91 Å². The van der Waals surface area contributed by atoms with Gasteiger partial charge in [-0.05, 0) is 0 Å². The van der Waals surface area contributed by atoms with Crippen molar-refractivity contribution in [2.45, 2.75) is 6.54 Å². The topological polar surface area (TPSA) is 68.6 Å². The Balaban J connectivity index is 1.45. The van der Waals surface area contributed by atoms with Gasteiger partial charge in [0.25, 0.3) is 5.91 Å². The summed E-state index contributed by atoms with van der Waals surface area (Å²) < 4.78 is 12.3. The molecule has 0 aliphatic carbocycles. The zero-order valence-corrected chi connectivity index (χ0v) is 10.8. The maximum Gasteiger partial charge on any atom is 0.271 e. The van der Waals surface area contributed by atoms with Gasteiger partial charge < -0.3 is 14.8 Å². The van der Waals surface area contributed by atoms with Crippen LogP contribution >= 0.6 is 0 Å². The molecule has 7 heteroatoms. The fraction of sp³-hybridized carbons (Fsp3) is 0.667. The van der Waals surface area contributed by atoms with Crippen LogP contribution in [0, 0.1) is 0 Å². The third kappa shape index (κ3) is 2.87. The van der Waals surface area contributed by atoms with Gasteiger partial charge in [-0.2, -0.15) is 5.10 Å². The van der Waals surface area contributed by atoms with Gasteiger partial charge in [0.15, 0.2) is 5.69 Å². The fourth-order valence-electron chi connectivity index (χ4n) is 2.27. The van der Waals surface area contributed by atoms with E-state index in [0.29, 0.717) is 24.7 Å². The normalized spacial score (nSPS) is 18.9. The van der Waals surface area contributed by atoms with Gasteiger partial charge >= 0.3 is 0 Å². The first kappa shape index (κ1) is 12.4. The number of hydrogen-bond donors (Lipinski definition) is 1. The average molecular weight is 266 g/mol. The summed E-state index contributed by atoms with van der Waals surface area (Å²) in [4.78, 5) is 14.2. The number of carbonyl (C=O) groups is 1. The average Bonchev–Trinajstić information content (AvgIpc) is 3.00. The molecule has 1 fully saturated rings. The quantitative estimate of drug-likeness (QED) is 0.783. The van der Waals surface area contributed by atoms with E-state index in [1.807, 2.05) is 0 Å². The second-order valence-corrected chi connectivity index (χ2v) is 4.65. The second kappa shape index (κ2) is 5.58. The number of carbonyl (C=O) groups excluding carboxylic acids is 1. The van der Waals surface area contributed by atoms with Crippen molar-refractivity contribution in [2.75, 3.05) is 46.0 Å². The van der Waals surface area contributed by atoms with Crippen LogP contribution in [0.25, 0.3) is 0 Å². The highest BCUT2D eigenvalue weighted by Crippen LogP contribution is 2.18. The van der Waals surface area contributed by atoms with Crippen molar-refractivity contribution in [2.24, 2.45) is 0 Å². The molecule has 3 heterocycles. The Hall–Kier alpha value is -1.60. The van der Waals surface area contributed by atoms with Gasteiger partial charge in [-0.25, -0.2) is 4.68 Å². The lowest BCUT2D eigenvalue weighted by atomic mass is 10.4. The van der Waals surface area contributed by atoms with Crippen molar-refractivity contribution in [1.29, 1.82) is 0 Å².